The third-order valence-electron chi connectivity index (χ3n) is 3.05. The minimum Gasteiger partial charge on any atom is -0.351 e. The van der Waals surface area contributed by atoms with Crippen LogP contribution in [0.2, 0.25) is 0 Å². The first kappa shape index (κ1) is 13.8. The van der Waals surface area contributed by atoms with Crippen LogP contribution in [0.1, 0.15) is 16.7 Å². The van der Waals surface area contributed by atoms with Crippen LogP contribution in [-0.2, 0) is 17.8 Å². The molecule has 1 amide bonds. The Labute approximate surface area is 117 Å². The molecule has 100 valence electrons. The predicted molar refractivity (Wildman–Crippen MR) is 79.0 cm³/mol. The fraction of sp³-hybridized carbons (Fsp3) is 0.267. The van der Waals surface area contributed by atoms with Gasteiger partial charge in [-0.25, -0.2) is 0 Å². The average molecular weight is 274 g/mol. The van der Waals surface area contributed by atoms with Crippen LogP contribution < -0.4 is 11.1 Å². The van der Waals surface area contributed by atoms with E-state index in [-0.39, 0.29) is 5.91 Å². The maximum Gasteiger partial charge on any atom is 0.237 e. The zero-order valence-corrected chi connectivity index (χ0v) is 11.7. The lowest BCUT2D eigenvalue weighted by Gasteiger charge is -2.12. The lowest BCUT2D eigenvalue weighted by molar-refractivity contribution is -0.122. The van der Waals surface area contributed by atoms with Crippen molar-refractivity contribution < 1.29 is 4.79 Å². The number of amides is 1. The van der Waals surface area contributed by atoms with Gasteiger partial charge in [0.2, 0.25) is 5.91 Å². The first-order valence-corrected chi connectivity index (χ1v) is 7.20. The summed E-state index contributed by atoms with van der Waals surface area (Å²) in [6.07, 6.45) is 0.565. The van der Waals surface area contributed by atoms with Crippen molar-refractivity contribution in [1.29, 1.82) is 0 Å². The number of benzene rings is 1. The molecule has 3 nitrogen and oxygen atoms in total. The van der Waals surface area contributed by atoms with Gasteiger partial charge in [0.15, 0.2) is 0 Å². The molecule has 2 rings (SSSR count). The summed E-state index contributed by atoms with van der Waals surface area (Å²) in [6.45, 7) is 2.60. The summed E-state index contributed by atoms with van der Waals surface area (Å²) in [6, 6.07) is 9.32. The van der Waals surface area contributed by atoms with Crippen LogP contribution in [0.3, 0.4) is 0 Å². The van der Waals surface area contributed by atoms with E-state index in [9.17, 15) is 4.79 Å². The molecule has 1 aromatic carbocycles. The van der Waals surface area contributed by atoms with Gasteiger partial charge in [0, 0.05) is 6.54 Å². The Hall–Kier alpha value is -1.65. The normalized spacial score (nSPS) is 12.1. The van der Waals surface area contributed by atoms with Crippen molar-refractivity contribution in [3.63, 3.8) is 0 Å². The monoisotopic (exact) mass is 274 g/mol. The van der Waals surface area contributed by atoms with Gasteiger partial charge in [-0.3, -0.25) is 4.79 Å². The highest BCUT2D eigenvalue weighted by molar-refractivity contribution is 7.08. The standard InChI is InChI=1S/C15H18N2OS/c1-11-9-19-10-13(11)8-17-15(18)14(16)7-12-5-3-2-4-6-12/h2-6,9-10,14H,7-8,16H2,1H3,(H,17,18). The molecule has 0 saturated carbocycles. The Morgan fingerprint density at radius 3 is 2.68 bits per heavy atom. The topological polar surface area (TPSA) is 55.1 Å². The summed E-state index contributed by atoms with van der Waals surface area (Å²) in [7, 11) is 0. The van der Waals surface area contributed by atoms with Crippen LogP contribution in [0.4, 0.5) is 0 Å². The number of hydrogen-bond acceptors (Lipinski definition) is 3. The van der Waals surface area contributed by atoms with E-state index in [1.54, 1.807) is 11.3 Å². The van der Waals surface area contributed by atoms with Crippen molar-refractivity contribution in [3.05, 3.63) is 57.8 Å². The lowest BCUT2D eigenvalue weighted by atomic mass is 10.1. The van der Waals surface area contributed by atoms with Crippen molar-refractivity contribution in [2.75, 3.05) is 0 Å². The van der Waals surface area contributed by atoms with E-state index < -0.39 is 6.04 Å². The van der Waals surface area contributed by atoms with Crippen molar-refractivity contribution in [1.82, 2.24) is 5.32 Å². The van der Waals surface area contributed by atoms with Gasteiger partial charge in [-0.1, -0.05) is 30.3 Å². The first-order valence-electron chi connectivity index (χ1n) is 6.25. The van der Waals surface area contributed by atoms with Crippen molar-refractivity contribution in [2.24, 2.45) is 5.73 Å². The maximum atomic E-state index is 11.9. The highest BCUT2D eigenvalue weighted by atomic mass is 32.1. The molecular weight excluding hydrogens is 256 g/mol. The first-order chi connectivity index (χ1) is 9.16. The summed E-state index contributed by atoms with van der Waals surface area (Å²) in [4.78, 5) is 11.9. The fourth-order valence-corrected chi connectivity index (χ4v) is 2.70. The summed E-state index contributed by atoms with van der Waals surface area (Å²) in [5.41, 5.74) is 9.37. The SMILES string of the molecule is Cc1cscc1CNC(=O)C(N)Cc1ccccc1. The maximum absolute atomic E-state index is 11.9. The van der Waals surface area contributed by atoms with E-state index in [0.717, 1.165) is 11.1 Å². The largest absolute Gasteiger partial charge is 0.351 e. The number of carbonyl (C=O) groups is 1. The number of nitrogens with two attached hydrogens (primary N) is 1. The van der Waals surface area contributed by atoms with Crippen LogP contribution in [-0.4, -0.2) is 11.9 Å². The molecule has 1 unspecified atom stereocenters. The number of hydrogen-bond donors (Lipinski definition) is 2. The summed E-state index contributed by atoms with van der Waals surface area (Å²) >= 11 is 1.65. The Bertz CT molecular complexity index is 536. The minimum atomic E-state index is -0.499. The van der Waals surface area contributed by atoms with E-state index in [1.165, 1.54) is 5.56 Å². The van der Waals surface area contributed by atoms with Gasteiger partial charge in [-0.15, -0.1) is 0 Å². The van der Waals surface area contributed by atoms with Crippen molar-refractivity contribution in [3.8, 4) is 0 Å². The molecule has 1 aromatic heterocycles. The Morgan fingerprint density at radius 1 is 1.32 bits per heavy atom. The molecule has 4 heteroatoms. The average Bonchev–Trinajstić information content (AvgIpc) is 2.82. The van der Waals surface area contributed by atoms with E-state index in [1.807, 2.05) is 37.3 Å². The molecule has 0 radical (unpaired) electrons. The zero-order chi connectivity index (χ0) is 13.7. The number of aryl methyl sites for hydroxylation is 1. The molecule has 0 spiro atoms. The molecular formula is C15H18N2OS. The van der Waals surface area contributed by atoms with Gasteiger partial charge < -0.3 is 11.1 Å². The Kier molecular flexibility index (Phi) is 4.71. The molecule has 0 saturated heterocycles. The smallest absolute Gasteiger partial charge is 0.237 e. The van der Waals surface area contributed by atoms with Gasteiger partial charge in [0.1, 0.15) is 0 Å². The van der Waals surface area contributed by atoms with Gasteiger partial charge in [0.05, 0.1) is 6.04 Å². The molecule has 0 bridgehead atoms. The molecule has 2 aromatic rings. The molecule has 0 fully saturated rings. The van der Waals surface area contributed by atoms with Gasteiger partial charge >= 0.3 is 0 Å². The second-order valence-corrected chi connectivity index (χ2v) is 5.34. The lowest BCUT2D eigenvalue weighted by Crippen LogP contribution is -2.41. The quantitative estimate of drug-likeness (QED) is 0.878. The summed E-state index contributed by atoms with van der Waals surface area (Å²) in [5, 5.41) is 7.02. The zero-order valence-electron chi connectivity index (χ0n) is 10.9. The second-order valence-electron chi connectivity index (χ2n) is 4.59. The number of rotatable bonds is 5. The number of thiophene rings is 1. The summed E-state index contributed by atoms with van der Waals surface area (Å²) in [5.74, 6) is -0.102. The fourth-order valence-electron chi connectivity index (χ4n) is 1.84. The van der Waals surface area contributed by atoms with E-state index in [4.69, 9.17) is 5.73 Å². The third-order valence-corrected chi connectivity index (χ3v) is 3.96. The van der Waals surface area contributed by atoms with Gasteiger partial charge in [-0.05, 0) is 40.8 Å². The van der Waals surface area contributed by atoms with Gasteiger partial charge in [-0.2, -0.15) is 11.3 Å². The van der Waals surface area contributed by atoms with Crippen LogP contribution in [0.15, 0.2) is 41.1 Å². The van der Waals surface area contributed by atoms with Gasteiger partial charge in [0.25, 0.3) is 0 Å². The second kappa shape index (κ2) is 6.50. The number of nitrogens with one attached hydrogen (secondary N) is 1. The van der Waals surface area contributed by atoms with E-state index >= 15 is 0 Å². The van der Waals surface area contributed by atoms with Crippen LogP contribution >= 0.6 is 11.3 Å². The molecule has 0 aliphatic rings. The molecule has 1 heterocycles. The highest BCUT2D eigenvalue weighted by Crippen LogP contribution is 2.13. The number of carbonyl (C=O) groups excluding carboxylic acids is 1. The molecule has 1 atom stereocenters. The van der Waals surface area contributed by atoms with Crippen molar-refractivity contribution >= 4 is 17.2 Å². The molecule has 0 aliphatic carbocycles. The van der Waals surface area contributed by atoms with E-state index in [2.05, 4.69) is 16.1 Å². The Morgan fingerprint density at radius 2 is 2.05 bits per heavy atom. The molecule has 19 heavy (non-hydrogen) atoms. The van der Waals surface area contributed by atoms with E-state index in [0.29, 0.717) is 13.0 Å². The molecule has 0 aliphatic heterocycles. The van der Waals surface area contributed by atoms with Crippen LogP contribution in [0.25, 0.3) is 0 Å². The summed E-state index contributed by atoms with van der Waals surface area (Å²) < 4.78 is 0. The highest BCUT2D eigenvalue weighted by Gasteiger charge is 2.13. The van der Waals surface area contributed by atoms with Crippen LogP contribution in [0.5, 0.6) is 0 Å². The van der Waals surface area contributed by atoms with Crippen molar-refractivity contribution in [2.45, 2.75) is 25.9 Å². The Balaban J connectivity index is 1.84. The minimum absolute atomic E-state index is 0.102. The molecule has 3 N–H and O–H groups in total. The third kappa shape index (κ3) is 3.91. The van der Waals surface area contributed by atoms with Crippen LogP contribution in [0, 0.1) is 6.92 Å². The predicted octanol–water partition coefficient (Wildman–Crippen LogP) is 2.24.